The largest absolute Gasteiger partial charge is 0.489 e. The highest BCUT2D eigenvalue weighted by atomic mass is 32.1. The van der Waals surface area contributed by atoms with Crippen LogP contribution in [0.1, 0.15) is 10.5 Å². The molecule has 0 aliphatic rings. The van der Waals surface area contributed by atoms with Crippen molar-refractivity contribution in [3.05, 3.63) is 58.7 Å². The minimum Gasteiger partial charge on any atom is -0.489 e. The number of thiophene rings is 1. The van der Waals surface area contributed by atoms with E-state index in [0.29, 0.717) is 12.2 Å². The highest BCUT2D eigenvalue weighted by Gasteiger charge is 2.16. The monoisotopic (exact) mass is 362 g/mol. The maximum absolute atomic E-state index is 13.5. The summed E-state index contributed by atoms with van der Waals surface area (Å²) in [7, 11) is 1.68. The highest BCUT2D eigenvalue weighted by Crippen LogP contribution is 2.28. The molecular formula is C17H15FN2O2S2. The van der Waals surface area contributed by atoms with Crippen molar-refractivity contribution in [1.29, 1.82) is 0 Å². The van der Waals surface area contributed by atoms with E-state index < -0.39 is 5.82 Å². The van der Waals surface area contributed by atoms with Gasteiger partial charge in [0.15, 0.2) is 11.6 Å². The van der Waals surface area contributed by atoms with Crippen molar-refractivity contribution >= 4 is 28.6 Å². The van der Waals surface area contributed by atoms with E-state index in [-0.39, 0.29) is 18.3 Å². The van der Waals surface area contributed by atoms with Gasteiger partial charge in [-0.1, -0.05) is 18.2 Å². The zero-order valence-electron chi connectivity index (χ0n) is 12.9. The lowest BCUT2D eigenvalue weighted by molar-refractivity contribution is 0.0768. The van der Waals surface area contributed by atoms with Gasteiger partial charge in [-0.3, -0.25) is 4.79 Å². The van der Waals surface area contributed by atoms with Gasteiger partial charge in [0.1, 0.15) is 17.3 Å². The van der Waals surface area contributed by atoms with E-state index in [9.17, 15) is 9.18 Å². The summed E-state index contributed by atoms with van der Waals surface area (Å²) in [5.74, 6) is -0.398. The predicted molar refractivity (Wildman–Crippen MR) is 94.3 cm³/mol. The average molecular weight is 362 g/mol. The number of ether oxygens (including phenoxy) is 1. The Labute approximate surface area is 147 Å². The van der Waals surface area contributed by atoms with Crippen molar-refractivity contribution in [2.45, 2.75) is 0 Å². The van der Waals surface area contributed by atoms with Gasteiger partial charge in [-0.05, 0) is 23.6 Å². The maximum Gasteiger partial charge on any atom is 0.273 e. The quantitative estimate of drug-likeness (QED) is 0.661. The van der Waals surface area contributed by atoms with Gasteiger partial charge in [-0.25, -0.2) is 9.37 Å². The third-order valence-corrected chi connectivity index (χ3v) is 5.20. The summed E-state index contributed by atoms with van der Waals surface area (Å²) in [6.45, 7) is 0.560. The second kappa shape index (κ2) is 7.55. The predicted octanol–water partition coefficient (Wildman–Crippen LogP) is 4.16. The third kappa shape index (κ3) is 3.80. The van der Waals surface area contributed by atoms with Gasteiger partial charge in [0.2, 0.25) is 0 Å². The molecule has 7 heteroatoms. The number of halogens is 1. The normalized spacial score (nSPS) is 10.6. The molecule has 124 valence electrons. The SMILES string of the molecule is CN(CCOc1ccccc1F)C(=O)c1csc(-c2cccs2)n1. The number of hydrogen-bond donors (Lipinski definition) is 0. The highest BCUT2D eigenvalue weighted by molar-refractivity contribution is 7.20. The van der Waals surface area contributed by atoms with Crippen molar-refractivity contribution in [1.82, 2.24) is 9.88 Å². The van der Waals surface area contributed by atoms with Gasteiger partial charge in [0, 0.05) is 12.4 Å². The average Bonchev–Trinajstić information content (AvgIpc) is 3.27. The van der Waals surface area contributed by atoms with Crippen LogP contribution in [0.4, 0.5) is 4.39 Å². The number of para-hydroxylation sites is 1. The van der Waals surface area contributed by atoms with Crippen LogP contribution < -0.4 is 4.74 Å². The van der Waals surface area contributed by atoms with Crippen molar-refractivity contribution in [3.63, 3.8) is 0 Å². The van der Waals surface area contributed by atoms with Crippen LogP contribution in [0.15, 0.2) is 47.2 Å². The van der Waals surface area contributed by atoms with Gasteiger partial charge < -0.3 is 9.64 Å². The Bertz CT molecular complexity index is 818. The number of carbonyl (C=O) groups excluding carboxylic acids is 1. The number of hydrogen-bond acceptors (Lipinski definition) is 5. The van der Waals surface area contributed by atoms with Crippen LogP contribution in [0, 0.1) is 5.82 Å². The van der Waals surface area contributed by atoms with E-state index in [4.69, 9.17) is 4.74 Å². The minimum absolute atomic E-state index is 0.175. The summed E-state index contributed by atoms with van der Waals surface area (Å²) in [5.41, 5.74) is 0.414. The Morgan fingerprint density at radius 2 is 2.08 bits per heavy atom. The number of thiazole rings is 1. The van der Waals surface area contributed by atoms with E-state index in [1.54, 1.807) is 42.0 Å². The molecule has 3 aromatic rings. The summed E-state index contributed by atoms with van der Waals surface area (Å²) in [6.07, 6.45) is 0. The Balaban J connectivity index is 1.56. The Morgan fingerprint density at radius 1 is 1.25 bits per heavy atom. The molecule has 4 nitrogen and oxygen atoms in total. The number of amides is 1. The van der Waals surface area contributed by atoms with Gasteiger partial charge in [-0.15, -0.1) is 22.7 Å². The molecule has 0 spiro atoms. The first-order chi connectivity index (χ1) is 11.6. The first-order valence-electron chi connectivity index (χ1n) is 7.27. The van der Waals surface area contributed by atoms with Crippen LogP contribution in [0.2, 0.25) is 0 Å². The van der Waals surface area contributed by atoms with Crippen molar-refractivity contribution < 1.29 is 13.9 Å². The summed E-state index contributed by atoms with van der Waals surface area (Å²) < 4.78 is 18.8. The molecular weight excluding hydrogens is 347 g/mol. The topological polar surface area (TPSA) is 42.4 Å². The second-order valence-electron chi connectivity index (χ2n) is 5.02. The van der Waals surface area contributed by atoms with Crippen molar-refractivity contribution in [2.24, 2.45) is 0 Å². The fourth-order valence-electron chi connectivity index (χ4n) is 2.04. The van der Waals surface area contributed by atoms with Gasteiger partial charge in [0.05, 0.1) is 11.4 Å². The molecule has 24 heavy (non-hydrogen) atoms. The van der Waals surface area contributed by atoms with E-state index in [1.165, 1.54) is 22.3 Å². The first-order valence-corrected chi connectivity index (χ1v) is 9.03. The lowest BCUT2D eigenvalue weighted by Gasteiger charge is -2.16. The summed E-state index contributed by atoms with van der Waals surface area (Å²) >= 11 is 3.04. The number of aromatic nitrogens is 1. The molecule has 2 aromatic heterocycles. The Hall–Kier alpha value is -2.25. The van der Waals surface area contributed by atoms with Crippen LogP contribution in [0.5, 0.6) is 5.75 Å². The molecule has 1 amide bonds. The molecule has 0 atom stereocenters. The van der Waals surface area contributed by atoms with Crippen LogP contribution in [0.25, 0.3) is 9.88 Å². The number of carbonyl (C=O) groups is 1. The molecule has 1 aromatic carbocycles. The summed E-state index contributed by atoms with van der Waals surface area (Å²) in [4.78, 5) is 19.3. The lowest BCUT2D eigenvalue weighted by Crippen LogP contribution is -2.31. The van der Waals surface area contributed by atoms with Crippen LogP contribution in [0.3, 0.4) is 0 Å². The van der Waals surface area contributed by atoms with E-state index in [1.807, 2.05) is 17.5 Å². The summed E-state index contributed by atoms with van der Waals surface area (Å²) in [5, 5.41) is 4.57. The third-order valence-electron chi connectivity index (χ3n) is 3.32. The summed E-state index contributed by atoms with van der Waals surface area (Å²) in [6, 6.07) is 10.1. The molecule has 0 bridgehead atoms. The van der Waals surface area contributed by atoms with Gasteiger partial charge >= 0.3 is 0 Å². The lowest BCUT2D eigenvalue weighted by atomic mass is 10.3. The molecule has 0 unspecified atom stereocenters. The number of benzene rings is 1. The van der Waals surface area contributed by atoms with Crippen LogP contribution in [-0.4, -0.2) is 36.0 Å². The van der Waals surface area contributed by atoms with Gasteiger partial charge in [0.25, 0.3) is 5.91 Å². The zero-order valence-corrected chi connectivity index (χ0v) is 14.6. The Kier molecular flexibility index (Phi) is 5.22. The molecule has 0 fully saturated rings. The fraction of sp³-hybridized carbons (Fsp3) is 0.176. The molecule has 0 N–H and O–H groups in total. The molecule has 0 radical (unpaired) electrons. The minimum atomic E-state index is -0.411. The number of likely N-dealkylation sites (N-methyl/N-ethyl adjacent to an activating group) is 1. The molecule has 3 rings (SSSR count). The molecule has 0 aliphatic heterocycles. The van der Waals surface area contributed by atoms with Crippen molar-refractivity contribution in [2.75, 3.05) is 20.2 Å². The van der Waals surface area contributed by atoms with Crippen LogP contribution in [-0.2, 0) is 0 Å². The van der Waals surface area contributed by atoms with Crippen LogP contribution >= 0.6 is 22.7 Å². The fourth-order valence-corrected chi connectivity index (χ4v) is 3.64. The first kappa shape index (κ1) is 16.6. The zero-order chi connectivity index (χ0) is 16.9. The van der Waals surface area contributed by atoms with Crippen molar-refractivity contribution in [3.8, 4) is 15.6 Å². The molecule has 0 saturated carbocycles. The maximum atomic E-state index is 13.5. The number of nitrogens with zero attached hydrogens (tertiary/aromatic N) is 2. The van der Waals surface area contributed by atoms with E-state index in [2.05, 4.69) is 4.98 Å². The van der Waals surface area contributed by atoms with Gasteiger partial charge in [-0.2, -0.15) is 0 Å². The Morgan fingerprint density at radius 3 is 2.83 bits per heavy atom. The standard InChI is InChI=1S/C17H15FN2O2S2/c1-20(8-9-22-14-6-3-2-5-12(14)18)17(21)13-11-24-16(19-13)15-7-4-10-23-15/h2-7,10-11H,8-9H2,1H3. The molecule has 2 heterocycles. The van der Waals surface area contributed by atoms with E-state index in [0.717, 1.165) is 9.88 Å². The van der Waals surface area contributed by atoms with E-state index >= 15 is 0 Å². The number of rotatable bonds is 6. The molecule has 0 aliphatic carbocycles. The molecule has 0 saturated heterocycles. The second-order valence-corrected chi connectivity index (χ2v) is 6.83. The smallest absolute Gasteiger partial charge is 0.273 e.